The molecule has 0 fully saturated rings. The molecule has 0 atom stereocenters. The topological polar surface area (TPSA) is 93.7 Å². The van der Waals surface area contributed by atoms with E-state index in [0.29, 0.717) is 5.75 Å². The fourth-order valence-electron chi connectivity index (χ4n) is 4.06. The summed E-state index contributed by atoms with van der Waals surface area (Å²) in [5.74, 6) is -0.706. The second kappa shape index (κ2) is 14.1. The molecular weight excluding hydrogens is 523 g/mol. The molecule has 0 heterocycles. The number of carbonyl (C=O) groups is 3. The fraction of sp³-hybridized carbons (Fsp3) is 0.156. The van der Waals surface area contributed by atoms with Crippen LogP contribution in [0.1, 0.15) is 16.7 Å². The summed E-state index contributed by atoms with van der Waals surface area (Å²) in [6, 6.07) is 33.2. The molecule has 204 valence electrons. The molecule has 0 aliphatic heterocycles. The molecule has 2 N–H and O–H groups in total. The van der Waals surface area contributed by atoms with Crippen molar-refractivity contribution >= 4 is 41.8 Å². The van der Waals surface area contributed by atoms with Crippen LogP contribution in [0.25, 0.3) is 0 Å². The third-order valence-corrected chi connectivity index (χ3v) is 8.90. The van der Waals surface area contributed by atoms with E-state index in [1.54, 1.807) is 6.07 Å². The zero-order chi connectivity index (χ0) is 28.3. The van der Waals surface area contributed by atoms with Crippen molar-refractivity contribution in [2.75, 3.05) is 13.1 Å². The highest BCUT2D eigenvalue weighted by Gasteiger charge is 2.24. The molecule has 0 aliphatic rings. The molecule has 0 aliphatic carbocycles. The zero-order valence-corrected chi connectivity index (χ0v) is 23.3. The summed E-state index contributed by atoms with van der Waals surface area (Å²) in [6.45, 7) is 3.58. The van der Waals surface area contributed by atoms with E-state index in [-0.39, 0.29) is 19.7 Å². The molecule has 8 heteroatoms. The van der Waals surface area contributed by atoms with Crippen LogP contribution < -0.4 is 31.3 Å². The van der Waals surface area contributed by atoms with Crippen molar-refractivity contribution in [3.8, 4) is 5.75 Å². The summed E-state index contributed by atoms with van der Waals surface area (Å²) in [7, 11) is -1.02. The fourth-order valence-corrected chi connectivity index (χ4v) is 6.74. The Morgan fingerprint density at radius 2 is 1.20 bits per heavy atom. The minimum absolute atomic E-state index is 0.0909. The quantitative estimate of drug-likeness (QED) is 0.176. The number of nitrogens with one attached hydrogen (secondary N) is 2. The predicted molar refractivity (Wildman–Crippen MR) is 158 cm³/mol. The molecule has 7 nitrogen and oxygen atoms in total. The van der Waals surface area contributed by atoms with E-state index >= 15 is 0 Å². The van der Waals surface area contributed by atoms with Crippen LogP contribution in [-0.2, 0) is 20.9 Å². The molecule has 2 amide bonds. The third kappa shape index (κ3) is 7.78. The molecule has 0 spiro atoms. The molecule has 40 heavy (non-hydrogen) atoms. The van der Waals surface area contributed by atoms with Crippen molar-refractivity contribution < 1.29 is 23.9 Å². The first-order valence-corrected chi connectivity index (χ1v) is 14.2. The number of rotatable bonds is 10. The van der Waals surface area contributed by atoms with Crippen molar-refractivity contribution in [2.45, 2.75) is 20.5 Å². The maximum Gasteiger partial charge on any atom is 0.407 e. The highest BCUT2D eigenvalue weighted by atomic mass is 31.1. The lowest BCUT2D eigenvalue weighted by molar-refractivity contribution is -0.135. The Hall–Kier alpha value is -4.48. The Kier molecular flexibility index (Phi) is 10.0. The second-order valence-electron chi connectivity index (χ2n) is 9.04. The van der Waals surface area contributed by atoms with Crippen LogP contribution in [0.5, 0.6) is 5.75 Å². The smallest absolute Gasteiger partial charge is 0.407 e. The molecule has 0 saturated carbocycles. The van der Waals surface area contributed by atoms with Crippen molar-refractivity contribution in [3.63, 3.8) is 0 Å². The largest absolute Gasteiger partial charge is 0.445 e. The first kappa shape index (κ1) is 28.5. The number of amides is 2. The summed E-state index contributed by atoms with van der Waals surface area (Å²) >= 11 is 0. The van der Waals surface area contributed by atoms with Crippen LogP contribution in [0.2, 0.25) is 0 Å². The lowest BCUT2D eigenvalue weighted by Gasteiger charge is -2.24. The maximum atomic E-state index is 12.8. The number of aryl methyl sites for hydroxylation is 2. The standard InChI is InChI=1S/C32H31N2O5P/c1-23-12-6-9-17-27(23)40(28-18-10-7-13-24(28)2)29-19-11-8-16-26(29)39-31(36)21-33-30(35)20-34-32(37)38-22-25-14-4-3-5-15-25/h3-19H,20-22H2,1-2H3,(H,33,35)(H,34,37). The summed E-state index contributed by atoms with van der Waals surface area (Å²) in [6.07, 6.45) is -0.726. The Morgan fingerprint density at radius 1 is 0.650 bits per heavy atom. The van der Waals surface area contributed by atoms with E-state index in [1.165, 1.54) is 10.6 Å². The van der Waals surface area contributed by atoms with Gasteiger partial charge in [-0.2, -0.15) is 0 Å². The van der Waals surface area contributed by atoms with Crippen LogP contribution in [0, 0.1) is 13.8 Å². The molecule has 0 radical (unpaired) electrons. The normalized spacial score (nSPS) is 10.6. The number of hydrogen-bond acceptors (Lipinski definition) is 5. The number of benzene rings is 4. The van der Waals surface area contributed by atoms with Gasteiger partial charge in [0.25, 0.3) is 0 Å². The van der Waals surface area contributed by atoms with Gasteiger partial charge in [-0.15, -0.1) is 0 Å². The average molecular weight is 555 g/mol. The van der Waals surface area contributed by atoms with E-state index in [2.05, 4.69) is 48.7 Å². The number of carbonyl (C=O) groups excluding carboxylic acids is 3. The molecule has 0 unspecified atom stereocenters. The summed E-state index contributed by atoms with van der Waals surface area (Å²) in [5.41, 5.74) is 3.14. The van der Waals surface area contributed by atoms with Gasteiger partial charge in [0.1, 0.15) is 25.4 Å². The van der Waals surface area contributed by atoms with Crippen molar-refractivity contribution in [1.29, 1.82) is 0 Å². The highest BCUT2D eigenvalue weighted by molar-refractivity contribution is 7.80. The van der Waals surface area contributed by atoms with Gasteiger partial charge in [0.05, 0.1) is 0 Å². The van der Waals surface area contributed by atoms with E-state index < -0.39 is 25.9 Å². The van der Waals surface area contributed by atoms with E-state index in [0.717, 1.165) is 22.0 Å². The Labute approximate surface area is 235 Å². The van der Waals surface area contributed by atoms with Gasteiger partial charge in [0, 0.05) is 5.30 Å². The van der Waals surface area contributed by atoms with Gasteiger partial charge in [-0.05, 0) is 55.1 Å². The van der Waals surface area contributed by atoms with Gasteiger partial charge in [-0.3, -0.25) is 4.79 Å². The van der Waals surface area contributed by atoms with E-state index in [9.17, 15) is 14.4 Å². The van der Waals surface area contributed by atoms with Crippen LogP contribution in [-0.4, -0.2) is 31.1 Å². The molecule has 0 bridgehead atoms. The molecular formula is C32H31N2O5P. The summed E-state index contributed by atoms with van der Waals surface area (Å²) in [4.78, 5) is 36.8. The Bertz CT molecular complexity index is 1430. The molecule has 4 aromatic carbocycles. The van der Waals surface area contributed by atoms with Gasteiger partial charge < -0.3 is 20.1 Å². The maximum absolute atomic E-state index is 12.8. The lowest BCUT2D eigenvalue weighted by Crippen LogP contribution is -2.40. The average Bonchev–Trinajstić information content (AvgIpc) is 2.97. The molecule has 0 aromatic heterocycles. The lowest BCUT2D eigenvalue weighted by atomic mass is 10.2. The molecule has 4 aromatic rings. The zero-order valence-electron chi connectivity index (χ0n) is 22.4. The molecule has 0 saturated heterocycles. The van der Waals surface area contributed by atoms with Gasteiger partial charge >= 0.3 is 12.1 Å². The number of para-hydroxylation sites is 1. The van der Waals surface area contributed by atoms with Crippen LogP contribution in [0.15, 0.2) is 103 Å². The Balaban J connectivity index is 1.38. The third-order valence-electron chi connectivity index (χ3n) is 6.08. The highest BCUT2D eigenvalue weighted by Crippen LogP contribution is 2.38. The van der Waals surface area contributed by atoms with Gasteiger partial charge in [0.15, 0.2) is 0 Å². The SMILES string of the molecule is Cc1ccccc1P(c1ccccc1C)c1ccccc1OC(=O)CNC(=O)CNC(=O)OCc1ccccc1. The first-order valence-electron chi connectivity index (χ1n) is 12.8. The minimum atomic E-state index is -1.02. The van der Waals surface area contributed by atoms with Crippen LogP contribution >= 0.6 is 7.92 Å². The summed E-state index contributed by atoms with van der Waals surface area (Å²) < 4.78 is 10.9. The predicted octanol–water partition coefficient (Wildman–Crippen LogP) is 4.01. The number of hydrogen-bond donors (Lipinski definition) is 2. The van der Waals surface area contributed by atoms with Gasteiger partial charge in [-0.1, -0.05) is 97.1 Å². The van der Waals surface area contributed by atoms with E-state index in [4.69, 9.17) is 9.47 Å². The monoisotopic (exact) mass is 554 g/mol. The number of ether oxygens (including phenoxy) is 2. The van der Waals surface area contributed by atoms with Crippen LogP contribution in [0.3, 0.4) is 0 Å². The molecule has 4 rings (SSSR count). The van der Waals surface area contributed by atoms with Crippen molar-refractivity contribution in [2.24, 2.45) is 0 Å². The van der Waals surface area contributed by atoms with Crippen molar-refractivity contribution in [3.05, 3.63) is 120 Å². The van der Waals surface area contributed by atoms with Gasteiger partial charge in [-0.25, -0.2) is 9.59 Å². The van der Waals surface area contributed by atoms with Crippen molar-refractivity contribution in [1.82, 2.24) is 10.6 Å². The summed E-state index contributed by atoms with van der Waals surface area (Å²) in [5, 5.41) is 8.11. The van der Waals surface area contributed by atoms with Crippen LogP contribution in [0.4, 0.5) is 4.79 Å². The second-order valence-corrected chi connectivity index (χ2v) is 11.2. The number of alkyl carbamates (subject to hydrolysis) is 1. The van der Waals surface area contributed by atoms with Gasteiger partial charge in [0.2, 0.25) is 5.91 Å². The first-order chi connectivity index (χ1) is 19.4. The minimum Gasteiger partial charge on any atom is -0.445 e. The Morgan fingerprint density at radius 3 is 1.82 bits per heavy atom. The number of esters is 1. The van der Waals surface area contributed by atoms with E-state index in [1.807, 2.05) is 72.8 Å².